The number of hydrogen-bond acceptors (Lipinski definition) is 10. The molecule has 1 N–H and O–H groups in total. The van der Waals surface area contributed by atoms with Crippen LogP contribution in [-0.2, 0) is 47.7 Å². The first-order valence-corrected chi connectivity index (χ1v) is 11.3. The van der Waals surface area contributed by atoms with Crippen molar-refractivity contribution in [1.29, 1.82) is 0 Å². The summed E-state index contributed by atoms with van der Waals surface area (Å²) in [6.45, 7) is 6.94. The molecule has 5 atom stereocenters. The van der Waals surface area contributed by atoms with E-state index < -0.39 is 60.6 Å². The standard InChI is InChI=1S/C22H34O11/c1-5-9-13(23)29-17-18(30-14(24)10-6-2)20(31-15(25)11-7-3)22(32-16(26)12-8-4)33-19(17)21(27)28/h17-20,22H,5-12H2,1-4H3,(H,27,28)/t17-,18-,19-,20+,22-/m0/s1. The van der Waals surface area contributed by atoms with Gasteiger partial charge in [-0.1, -0.05) is 27.7 Å². The van der Waals surface area contributed by atoms with Crippen molar-refractivity contribution >= 4 is 29.8 Å². The van der Waals surface area contributed by atoms with E-state index in [-0.39, 0.29) is 25.7 Å². The quantitative estimate of drug-likeness (QED) is 0.309. The molecule has 1 aliphatic heterocycles. The monoisotopic (exact) mass is 474 g/mol. The van der Waals surface area contributed by atoms with Gasteiger partial charge < -0.3 is 28.8 Å². The molecule has 0 aromatic carbocycles. The van der Waals surface area contributed by atoms with Crippen molar-refractivity contribution in [2.45, 2.75) is 110 Å². The molecule has 1 rings (SSSR count). The number of carboxylic acid groups (broad SMARTS) is 1. The molecule has 1 aliphatic rings. The van der Waals surface area contributed by atoms with Crippen LogP contribution in [0.25, 0.3) is 0 Å². The number of esters is 4. The van der Waals surface area contributed by atoms with E-state index in [4.69, 9.17) is 23.7 Å². The van der Waals surface area contributed by atoms with E-state index in [1.54, 1.807) is 27.7 Å². The molecular formula is C22H34O11. The van der Waals surface area contributed by atoms with E-state index in [1.165, 1.54) is 0 Å². The third-order valence-electron chi connectivity index (χ3n) is 4.61. The minimum Gasteiger partial charge on any atom is -0.479 e. The third-order valence-corrected chi connectivity index (χ3v) is 4.61. The summed E-state index contributed by atoms with van der Waals surface area (Å²) >= 11 is 0. The van der Waals surface area contributed by atoms with Crippen LogP contribution in [0.5, 0.6) is 0 Å². The Kier molecular flexibility index (Phi) is 12.4. The molecule has 0 aromatic heterocycles. The lowest BCUT2D eigenvalue weighted by molar-refractivity contribution is -0.295. The molecule has 1 heterocycles. The molecular weight excluding hydrogens is 440 g/mol. The van der Waals surface area contributed by atoms with Gasteiger partial charge in [0, 0.05) is 25.7 Å². The summed E-state index contributed by atoms with van der Waals surface area (Å²) in [5.41, 5.74) is 0. The highest BCUT2D eigenvalue weighted by Gasteiger charge is 2.56. The number of carbonyl (C=O) groups excluding carboxylic acids is 4. The Morgan fingerprint density at radius 2 is 0.970 bits per heavy atom. The number of hydrogen-bond donors (Lipinski definition) is 1. The van der Waals surface area contributed by atoms with Crippen molar-refractivity contribution in [3.05, 3.63) is 0 Å². The molecule has 0 aliphatic carbocycles. The van der Waals surface area contributed by atoms with Gasteiger partial charge in [0.05, 0.1) is 0 Å². The Labute approximate surface area is 193 Å². The number of aliphatic carboxylic acids is 1. The van der Waals surface area contributed by atoms with E-state index >= 15 is 0 Å². The van der Waals surface area contributed by atoms with Crippen molar-refractivity contribution < 1.29 is 52.8 Å². The van der Waals surface area contributed by atoms with Crippen LogP contribution in [0, 0.1) is 0 Å². The van der Waals surface area contributed by atoms with E-state index in [0.717, 1.165) is 0 Å². The van der Waals surface area contributed by atoms with Crippen LogP contribution in [0.1, 0.15) is 79.1 Å². The first-order valence-electron chi connectivity index (χ1n) is 11.3. The van der Waals surface area contributed by atoms with Crippen LogP contribution >= 0.6 is 0 Å². The Hall–Kier alpha value is -2.69. The lowest BCUT2D eigenvalue weighted by atomic mass is 9.97. The van der Waals surface area contributed by atoms with Gasteiger partial charge in [0.15, 0.2) is 18.3 Å². The van der Waals surface area contributed by atoms with Gasteiger partial charge in [0.25, 0.3) is 0 Å². The van der Waals surface area contributed by atoms with E-state index in [1.807, 2.05) is 0 Å². The van der Waals surface area contributed by atoms with Crippen LogP contribution in [0.3, 0.4) is 0 Å². The maximum atomic E-state index is 12.3. The highest BCUT2D eigenvalue weighted by molar-refractivity contribution is 5.76. The Bertz CT molecular complexity index is 690. The summed E-state index contributed by atoms with van der Waals surface area (Å²) in [5.74, 6) is -4.42. The van der Waals surface area contributed by atoms with Crippen LogP contribution in [0.2, 0.25) is 0 Å². The number of carboxylic acids is 1. The van der Waals surface area contributed by atoms with Gasteiger partial charge in [-0.05, 0) is 25.7 Å². The molecule has 0 amide bonds. The summed E-state index contributed by atoms with van der Waals surface area (Å²) in [4.78, 5) is 60.9. The van der Waals surface area contributed by atoms with Crippen molar-refractivity contribution in [3.8, 4) is 0 Å². The zero-order valence-corrected chi connectivity index (χ0v) is 19.6. The van der Waals surface area contributed by atoms with Gasteiger partial charge in [-0.15, -0.1) is 0 Å². The molecule has 0 bridgehead atoms. The van der Waals surface area contributed by atoms with E-state index in [9.17, 15) is 29.1 Å². The van der Waals surface area contributed by atoms with Crippen LogP contribution in [-0.4, -0.2) is 65.7 Å². The molecule has 0 radical (unpaired) electrons. The van der Waals surface area contributed by atoms with Crippen molar-refractivity contribution in [2.75, 3.05) is 0 Å². The van der Waals surface area contributed by atoms with Crippen LogP contribution < -0.4 is 0 Å². The molecule has 1 saturated heterocycles. The number of rotatable bonds is 13. The Morgan fingerprint density at radius 1 is 0.606 bits per heavy atom. The summed E-state index contributed by atoms with van der Waals surface area (Å²) in [7, 11) is 0. The summed E-state index contributed by atoms with van der Waals surface area (Å²) in [6, 6.07) is 0. The van der Waals surface area contributed by atoms with Gasteiger partial charge in [-0.2, -0.15) is 0 Å². The topological polar surface area (TPSA) is 152 Å². The molecule has 11 heteroatoms. The van der Waals surface area contributed by atoms with Gasteiger partial charge in [0.1, 0.15) is 0 Å². The second-order valence-electron chi connectivity index (χ2n) is 7.62. The first kappa shape index (κ1) is 28.3. The smallest absolute Gasteiger partial charge is 0.337 e. The van der Waals surface area contributed by atoms with E-state index in [0.29, 0.717) is 25.7 Å². The molecule has 0 unspecified atom stereocenters. The number of carbonyl (C=O) groups is 5. The van der Waals surface area contributed by atoms with Crippen molar-refractivity contribution in [2.24, 2.45) is 0 Å². The van der Waals surface area contributed by atoms with Gasteiger partial charge in [0.2, 0.25) is 12.4 Å². The first-order chi connectivity index (χ1) is 15.7. The van der Waals surface area contributed by atoms with Crippen molar-refractivity contribution in [3.63, 3.8) is 0 Å². The highest BCUT2D eigenvalue weighted by atomic mass is 16.7. The minimum atomic E-state index is -1.83. The fourth-order valence-corrected chi connectivity index (χ4v) is 3.13. The molecule has 33 heavy (non-hydrogen) atoms. The van der Waals surface area contributed by atoms with Gasteiger partial charge >= 0.3 is 29.8 Å². The fourth-order valence-electron chi connectivity index (χ4n) is 3.13. The second kappa shape index (κ2) is 14.5. The summed E-state index contributed by atoms with van der Waals surface area (Å²) < 4.78 is 26.8. The lowest BCUT2D eigenvalue weighted by Crippen LogP contribution is -2.64. The SMILES string of the molecule is CCCC(=O)O[C@H]1O[C@H](C(=O)O)[C@@H](OC(=O)CCC)[C@H](OC(=O)CCC)[C@H]1OC(=O)CCC. The normalized spacial score (nSPS) is 24.4. The molecule has 0 saturated carbocycles. The minimum absolute atomic E-state index is 0.00241. The zero-order chi connectivity index (χ0) is 25.0. The lowest BCUT2D eigenvalue weighted by Gasteiger charge is -2.42. The van der Waals surface area contributed by atoms with Gasteiger partial charge in [-0.3, -0.25) is 19.2 Å². The number of ether oxygens (including phenoxy) is 5. The van der Waals surface area contributed by atoms with E-state index in [2.05, 4.69) is 0 Å². The molecule has 0 aromatic rings. The molecule has 188 valence electrons. The summed E-state index contributed by atoms with van der Waals surface area (Å²) in [6.07, 6.45) is -6.49. The third kappa shape index (κ3) is 8.99. The second-order valence-corrected chi connectivity index (χ2v) is 7.62. The van der Waals surface area contributed by atoms with Gasteiger partial charge in [-0.25, -0.2) is 4.79 Å². The average Bonchev–Trinajstić information content (AvgIpc) is 2.72. The highest BCUT2D eigenvalue weighted by Crippen LogP contribution is 2.31. The predicted molar refractivity (Wildman–Crippen MR) is 112 cm³/mol. The maximum absolute atomic E-state index is 12.3. The molecule has 1 fully saturated rings. The fraction of sp³-hybridized carbons (Fsp3) is 0.773. The predicted octanol–water partition coefficient (Wildman–Crippen LogP) is 2.27. The maximum Gasteiger partial charge on any atom is 0.337 e. The van der Waals surface area contributed by atoms with Crippen LogP contribution in [0.4, 0.5) is 0 Å². The summed E-state index contributed by atoms with van der Waals surface area (Å²) in [5, 5.41) is 9.71. The van der Waals surface area contributed by atoms with Crippen molar-refractivity contribution in [1.82, 2.24) is 0 Å². The largest absolute Gasteiger partial charge is 0.479 e. The molecule has 11 nitrogen and oxygen atoms in total. The average molecular weight is 475 g/mol. The Balaban J connectivity index is 3.42. The Morgan fingerprint density at radius 3 is 1.36 bits per heavy atom. The van der Waals surface area contributed by atoms with Crippen LogP contribution in [0.15, 0.2) is 0 Å². The molecule has 0 spiro atoms. The zero-order valence-electron chi connectivity index (χ0n) is 19.6.